The van der Waals surface area contributed by atoms with E-state index in [-0.39, 0.29) is 0 Å². The standard InChI is InChI=1S/C14H27N/c1-12-9-7-6-8-10-13(12)11-15(5)14(2,3)4/h9,13H,6-8,10-11H2,1-5H3. The Morgan fingerprint density at radius 1 is 1.33 bits per heavy atom. The van der Waals surface area contributed by atoms with Crippen molar-refractivity contribution in [1.82, 2.24) is 4.90 Å². The first kappa shape index (κ1) is 12.8. The molecule has 0 aromatic carbocycles. The molecule has 1 aliphatic carbocycles. The van der Waals surface area contributed by atoms with E-state index in [1.807, 2.05) is 0 Å². The zero-order chi connectivity index (χ0) is 11.5. The fourth-order valence-electron chi connectivity index (χ4n) is 2.10. The molecule has 0 radical (unpaired) electrons. The lowest BCUT2D eigenvalue weighted by Crippen LogP contribution is -2.41. The highest BCUT2D eigenvalue weighted by atomic mass is 15.2. The lowest BCUT2D eigenvalue weighted by molar-refractivity contribution is 0.154. The summed E-state index contributed by atoms with van der Waals surface area (Å²) in [6, 6.07) is 0. The summed E-state index contributed by atoms with van der Waals surface area (Å²) in [5, 5.41) is 0. The molecule has 0 heterocycles. The van der Waals surface area contributed by atoms with Gasteiger partial charge in [-0.25, -0.2) is 0 Å². The molecule has 1 heteroatoms. The first-order valence-electron chi connectivity index (χ1n) is 6.29. The Labute approximate surface area is 95.5 Å². The van der Waals surface area contributed by atoms with E-state index in [9.17, 15) is 0 Å². The number of hydrogen-bond donors (Lipinski definition) is 0. The Hall–Kier alpha value is -0.300. The maximum absolute atomic E-state index is 2.49. The van der Waals surface area contributed by atoms with Gasteiger partial charge in [-0.1, -0.05) is 18.1 Å². The van der Waals surface area contributed by atoms with Crippen LogP contribution < -0.4 is 0 Å². The van der Waals surface area contributed by atoms with Gasteiger partial charge in [-0.05, 0) is 59.9 Å². The molecule has 0 amide bonds. The predicted molar refractivity (Wildman–Crippen MR) is 68.1 cm³/mol. The third kappa shape index (κ3) is 3.98. The first-order chi connectivity index (χ1) is 6.91. The van der Waals surface area contributed by atoms with E-state index in [4.69, 9.17) is 0 Å². The van der Waals surface area contributed by atoms with Crippen LogP contribution in [0.2, 0.25) is 0 Å². The summed E-state index contributed by atoms with van der Waals surface area (Å²) in [4.78, 5) is 2.49. The summed E-state index contributed by atoms with van der Waals surface area (Å²) >= 11 is 0. The molecule has 0 saturated carbocycles. The Morgan fingerprint density at radius 2 is 2.00 bits per heavy atom. The Balaban J connectivity index is 2.56. The highest BCUT2D eigenvalue weighted by Gasteiger charge is 2.22. The van der Waals surface area contributed by atoms with Crippen LogP contribution in [0, 0.1) is 5.92 Å². The van der Waals surface area contributed by atoms with Crippen LogP contribution in [0.1, 0.15) is 53.4 Å². The summed E-state index contributed by atoms with van der Waals surface area (Å²) in [5.41, 5.74) is 1.91. The molecule has 15 heavy (non-hydrogen) atoms. The topological polar surface area (TPSA) is 3.24 Å². The normalized spacial score (nSPS) is 23.9. The Kier molecular flexibility index (Phi) is 4.39. The molecule has 1 aliphatic rings. The number of rotatable bonds is 2. The number of hydrogen-bond acceptors (Lipinski definition) is 1. The van der Waals surface area contributed by atoms with Gasteiger partial charge in [-0.2, -0.15) is 0 Å². The van der Waals surface area contributed by atoms with E-state index in [0.29, 0.717) is 5.54 Å². The van der Waals surface area contributed by atoms with Crippen molar-refractivity contribution in [3.8, 4) is 0 Å². The molecule has 1 atom stereocenters. The van der Waals surface area contributed by atoms with Crippen LogP contribution in [0.25, 0.3) is 0 Å². The van der Waals surface area contributed by atoms with Gasteiger partial charge in [0.25, 0.3) is 0 Å². The van der Waals surface area contributed by atoms with Crippen molar-refractivity contribution in [2.45, 2.75) is 58.9 Å². The first-order valence-corrected chi connectivity index (χ1v) is 6.29. The molecular weight excluding hydrogens is 182 g/mol. The van der Waals surface area contributed by atoms with Gasteiger partial charge in [0.05, 0.1) is 0 Å². The fraction of sp³-hybridized carbons (Fsp3) is 0.857. The molecule has 0 fully saturated rings. The predicted octanol–water partition coefficient (Wildman–Crippen LogP) is 3.85. The van der Waals surface area contributed by atoms with E-state index in [1.54, 1.807) is 5.57 Å². The second kappa shape index (κ2) is 5.16. The summed E-state index contributed by atoms with van der Waals surface area (Å²) < 4.78 is 0. The minimum absolute atomic E-state index is 0.298. The van der Waals surface area contributed by atoms with Gasteiger partial charge in [0.15, 0.2) is 0 Å². The van der Waals surface area contributed by atoms with E-state index in [0.717, 1.165) is 5.92 Å². The molecular formula is C14H27N. The summed E-state index contributed by atoms with van der Waals surface area (Å²) in [5.74, 6) is 0.789. The van der Waals surface area contributed by atoms with Crippen molar-refractivity contribution in [2.75, 3.05) is 13.6 Å². The van der Waals surface area contributed by atoms with E-state index in [2.05, 4.69) is 45.7 Å². The van der Waals surface area contributed by atoms with Crippen molar-refractivity contribution in [3.05, 3.63) is 11.6 Å². The average Bonchev–Trinajstić information content (AvgIpc) is 2.30. The van der Waals surface area contributed by atoms with E-state index >= 15 is 0 Å². The largest absolute Gasteiger partial charge is 0.301 e. The van der Waals surface area contributed by atoms with Crippen LogP contribution in [0.3, 0.4) is 0 Å². The van der Waals surface area contributed by atoms with Crippen LogP contribution >= 0.6 is 0 Å². The third-order valence-corrected chi connectivity index (χ3v) is 3.76. The van der Waals surface area contributed by atoms with Crippen molar-refractivity contribution >= 4 is 0 Å². The zero-order valence-corrected chi connectivity index (χ0v) is 11.1. The molecule has 88 valence electrons. The zero-order valence-electron chi connectivity index (χ0n) is 11.1. The third-order valence-electron chi connectivity index (χ3n) is 3.76. The Bertz CT molecular complexity index is 222. The monoisotopic (exact) mass is 209 g/mol. The lowest BCUT2D eigenvalue weighted by atomic mass is 9.94. The van der Waals surface area contributed by atoms with Crippen LogP contribution in [0.4, 0.5) is 0 Å². The van der Waals surface area contributed by atoms with Gasteiger partial charge in [0, 0.05) is 12.1 Å². The van der Waals surface area contributed by atoms with Gasteiger partial charge in [-0.15, -0.1) is 0 Å². The summed E-state index contributed by atoms with van der Waals surface area (Å²) in [6.45, 7) is 10.4. The quantitative estimate of drug-likeness (QED) is 0.624. The minimum Gasteiger partial charge on any atom is -0.301 e. The summed E-state index contributed by atoms with van der Waals surface area (Å²) in [7, 11) is 2.25. The van der Waals surface area contributed by atoms with Crippen molar-refractivity contribution in [3.63, 3.8) is 0 Å². The van der Waals surface area contributed by atoms with Gasteiger partial charge >= 0.3 is 0 Å². The second-order valence-electron chi connectivity index (χ2n) is 5.98. The van der Waals surface area contributed by atoms with E-state index < -0.39 is 0 Å². The van der Waals surface area contributed by atoms with Crippen molar-refractivity contribution in [2.24, 2.45) is 5.92 Å². The van der Waals surface area contributed by atoms with E-state index in [1.165, 1.54) is 32.2 Å². The van der Waals surface area contributed by atoms with Gasteiger partial charge in [-0.3, -0.25) is 0 Å². The molecule has 0 bridgehead atoms. The van der Waals surface area contributed by atoms with Gasteiger partial charge in [0.1, 0.15) is 0 Å². The fourth-order valence-corrected chi connectivity index (χ4v) is 2.10. The number of allylic oxidation sites excluding steroid dienone is 1. The molecule has 0 aliphatic heterocycles. The smallest absolute Gasteiger partial charge is 0.0122 e. The maximum Gasteiger partial charge on any atom is 0.0122 e. The maximum atomic E-state index is 2.49. The molecule has 0 N–H and O–H groups in total. The SMILES string of the molecule is CC1=CCCCCC1CN(C)C(C)(C)C. The minimum atomic E-state index is 0.298. The molecule has 1 rings (SSSR count). The molecule has 0 aromatic rings. The lowest BCUT2D eigenvalue weighted by Gasteiger charge is -2.35. The highest BCUT2D eigenvalue weighted by molar-refractivity contribution is 5.06. The summed E-state index contributed by atoms with van der Waals surface area (Å²) in [6.07, 6.45) is 7.90. The van der Waals surface area contributed by atoms with Crippen molar-refractivity contribution < 1.29 is 0 Å². The molecule has 1 nitrogen and oxygen atoms in total. The molecule has 0 aromatic heterocycles. The van der Waals surface area contributed by atoms with Crippen LogP contribution in [0.15, 0.2) is 11.6 Å². The molecule has 1 unspecified atom stereocenters. The highest BCUT2D eigenvalue weighted by Crippen LogP contribution is 2.26. The van der Waals surface area contributed by atoms with Crippen LogP contribution in [-0.4, -0.2) is 24.0 Å². The second-order valence-corrected chi connectivity index (χ2v) is 5.98. The van der Waals surface area contributed by atoms with Crippen LogP contribution in [0.5, 0.6) is 0 Å². The number of nitrogens with zero attached hydrogens (tertiary/aromatic N) is 1. The van der Waals surface area contributed by atoms with Gasteiger partial charge < -0.3 is 4.90 Å². The van der Waals surface area contributed by atoms with Gasteiger partial charge in [0.2, 0.25) is 0 Å². The Morgan fingerprint density at radius 3 is 2.60 bits per heavy atom. The van der Waals surface area contributed by atoms with Crippen LogP contribution in [-0.2, 0) is 0 Å². The van der Waals surface area contributed by atoms with Crippen molar-refractivity contribution in [1.29, 1.82) is 0 Å². The molecule has 0 saturated heterocycles. The average molecular weight is 209 g/mol. The molecule has 0 spiro atoms.